The number of nitrogens with one attached hydrogen (secondary N) is 1. The van der Waals surface area contributed by atoms with E-state index in [0.717, 1.165) is 43.8 Å². The Balaban J connectivity index is 1.50. The van der Waals surface area contributed by atoms with Crippen LogP contribution in [0, 0.1) is 12.8 Å². The maximum absolute atomic E-state index is 11.7. The number of hydrogen-bond acceptors (Lipinski definition) is 5. The van der Waals surface area contributed by atoms with Gasteiger partial charge in [0.25, 0.3) is 0 Å². The number of rotatable bonds is 14. The fourth-order valence-corrected chi connectivity index (χ4v) is 4.81. The number of aryl methyl sites for hydroxylation is 1. The number of carbonyl (C=O) groups is 1. The molecule has 1 atom stereocenters. The van der Waals surface area contributed by atoms with Gasteiger partial charge in [-0.05, 0) is 83.8 Å². The minimum Gasteiger partial charge on any atom is -0.493 e. The number of carboxylic acid groups (broad SMARTS) is 1. The van der Waals surface area contributed by atoms with Crippen LogP contribution in [-0.2, 0) is 17.9 Å². The van der Waals surface area contributed by atoms with Crippen LogP contribution >= 0.6 is 15.9 Å². The van der Waals surface area contributed by atoms with Gasteiger partial charge in [-0.25, -0.2) is 0 Å². The van der Waals surface area contributed by atoms with Gasteiger partial charge in [-0.1, -0.05) is 48.5 Å². The minimum absolute atomic E-state index is 0.396. The molecule has 0 aliphatic heterocycles. The zero-order valence-corrected chi connectivity index (χ0v) is 22.8. The average molecular weight is 568 g/mol. The smallest absolute Gasteiger partial charge is 0.320 e. The second kappa shape index (κ2) is 13.1. The van der Waals surface area contributed by atoms with E-state index < -0.39 is 12.0 Å². The fraction of sp³-hybridized carbons (Fsp3) is 0.367. The van der Waals surface area contributed by atoms with Crippen molar-refractivity contribution in [2.24, 2.45) is 11.7 Å². The van der Waals surface area contributed by atoms with Crippen LogP contribution in [0.5, 0.6) is 11.5 Å². The highest BCUT2D eigenvalue weighted by molar-refractivity contribution is 9.10. The number of carboxylic acids is 1. The molecular formula is C30H35BrN2O4. The van der Waals surface area contributed by atoms with Crippen LogP contribution in [0.1, 0.15) is 42.4 Å². The van der Waals surface area contributed by atoms with Crippen molar-refractivity contribution in [2.75, 3.05) is 13.2 Å². The van der Waals surface area contributed by atoms with Crippen LogP contribution in [0.15, 0.2) is 65.1 Å². The molecule has 7 heteroatoms. The molecule has 0 aromatic heterocycles. The molecular weight excluding hydrogens is 532 g/mol. The summed E-state index contributed by atoms with van der Waals surface area (Å²) in [6.45, 7) is 3.93. The highest BCUT2D eigenvalue weighted by atomic mass is 79.9. The molecule has 0 spiro atoms. The van der Waals surface area contributed by atoms with Crippen molar-refractivity contribution in [1.29, 1.82) is 0 Å². The van der Waals surface area contributed by atoms with Crippen LogP contribution in [0.2, 0.25) is 0 Å². The van der Waals surface area contributed by atoms with Gasteiger partial charge < -0.3 is 25.6 Å². The summed E-state index contributed by atoms with van der Waals surface area (Å²) in [7, 11) is 0. The Labute approximate surface area is 227 Å². The SMILES string of the molecule is Cc1cc(CNC(CCCN)C(=O)O)c(OCC2CC2)cc1OCc1cccc(-c2ccccc2)c1Br. The molecule has 37 heavy (non-hydrogen) atoms. The lowest BCUT2D eigenvalue weighted by Crippen LogP contribution is -2.36. The highest BCUT2D eigenvalue weighted by Gasteiger charge is 2.23. The molecule has 0 saturated heterocycles. The standard InChI is InChI=1S/C30H35BrN2O4/c1-20-15-24(17-33-26(30(34)35)11-6-14-32)28(36-18-21-12-13-21)16-27(20)37-19-23-9-5-10-25(29(23)31)22-7-3-2-4-8-22/h2-5,7-10,15-16,21,26,33H,6,11-14,17-19,32H2,1H3,(H,34,35). The Morgan fingerprint density at radius 1 is 1.08 bits per heavy atom. The van der Waals surface area contributed by atoms with E-state index >= 15 is 0 Å². The van der Waals surface area contributed by atoms with Crippen LogP contribution in [0.4, 0.5) is 0 Å². The summed E-state index contributed by atoms with van der Waals surface area (Å²) in [4.78, 5) is 11.7. The summed E-state index contributed by atoms with van der Waals surface area (Å²) in [5, 5.41) is 12.7. The molecule has 6 nitrogen and oxygen atoms in total. The summed E-state index contributed by atoms with van der Waals surface area (Å²) in [6.07, 6.45) is 3.52. The van der Waals surface area contributed by atoms with Crippen molar-refractivity contribution in [3.8, 4) is 22.6 Å². The maximum atomic E-state index is 11.7. The van der Waals surface area contributed by atoms with Gasteiger partial charge in [-0.3, -0.25) is 4.79 Å². The third kappa shape index (κ3) is 7.57. The van der Waals surface area contributed by atoms with Crippen molar-refractivity contribution in [1.82, 2.24) is 5.32 Å². The van der Waals surface area contributed by atoms with Gasteiger partial charge in [0.2, 0.25) is 0 Å². The molecule has 3 aromatic rings. The van der Waals surface area contributed by atoms with Crippen molar-refractivity contribution in [3.05, 3.63) is 81.8 Å². The van der Waals surface area contributed by atoms with Crippen molar-refractivity contribution < 1.29 is 19.4 Å². The predicted molar refractivity (Wildman–Crippen MR) is 150 cm³/mol. The molecule has 1 unspecified atom stereocenters. The van der Waals surface area contributed by atoms with Crippen molar-refractivity contribution in [3.63, 3.8) is 0 Å². The second-order valence-corrected chi connectivity index (χ2v) is 10.4. The number of halogens is 1. The first-order chi connectivity index (χ1) is 18.0. The molecule has 0 radical (unpaired) electrons. The Morgan fingerprint density at radius 2 is 1.86 bits per heavy atom. The number of benzene rings is 3. The summed E-state index contributed by atoms with van der Waals surface area (Å²) >= 11 is 3.78. The van der Waals surface area contributed by atoms with Crippen LogP contribution < -0.4 is 20.5 Å². The summed E-state index contributed by atoms with van der Waals surface area (Å²) in [6, 6.07) is 19.8. The Morgan fingerprint density at radius 3 is 2.57 bits per heavy atom. The number of hydrogen-bond donors (Lipinski definition) is 3. The average Bonchev–Trinajstić information content (AvgIpc) is 3.73. The molecule has 3 aromatic carbocycles. The fourth-order valence-electron chi connectivity index (χ4n) is 4.20. The lowest BCUT2D eigenvalue weighted by atomic mass is 10.0. The summed E-state index contributed by atoms with van der Waals surface area (Å²) < 4.78 is 13.5. The molecule has 0 heterocycles. The molecule has 196 valence electrons. The van der Waals surface area contributed by atoms with Crippen LogP contribution in [-0.4, -0.2) is 30.3 Å². The van der Waals surface area contributed by atoms with Gasteiger partial charge in [-0.15, -0.1) is 0 Å². The molecule has 1 saturated carbocycles. The lowest BCUT2D eigenvalue weighted by Gasteiger charge is -2.19. The third-order valence-electron chi connectivity index (χ3n) is 6.61. The topological polar surface area (TPSA) is 93.8 Å². The Hall–Kier alpha value is -2.87. The summed E-state index contributed by atoms with van der Waals surface area (Å²) in [5.41, 5.74) is 10.8. The minimum atomic E-state index is -0.867. The highest BCUT2D eigenvalue weighted by Crippen LogP contribution is 2.35. The van der Waals surface area contributed by atoms with Crippen molar-refractivity contribution in [2.45, 2.75) is 51.8 Å². The van der Waals surface area contributed by atoms with Gasteiger partial charge in [0.05, 0.1) is 6.61 Å². The number of aliphatic carboxylic acids is 1. The lowest BCUT2D eigenvalue weighted by molar-refractivity contribution is -0.139. The van der Waals surface area contributed by atoms with E-state index in [9.17, 15) is 9.90 Å². The van der Waals surface area contributed by atoms with E-state index in [1.807, 2.05) is 43.3 Å². The zero-order chi connectivity index (χ0) is 26.2. The zero-order valence-electron chi connectivity index (χ0n) is 21.2. The van der Waals surface area contributed by atoms with E-state index in [2.05, 4.69) is 45.5 Å². The first-order valence-electron chi connectivity index (χ1n) is 12.8. The monoisotopic (exact) mass is 566 g/mol. The number of ether oxygens (including phenoxy) is 2. The molecule has 4 N–H and O–H groups in total. The molecule has 1 aliphatic rings. The van der Waals surface area contributed by atoms with Gasteiger partial charge in [0.15, 0.2) is 0 Å². The van der Waals surface area contributed by atoms with E-state index in [0.29, 0.717) is 45.1 Å². The molecule has 1 aliphatic carbocycles. The first kappa shape index (κ1) is 27.2. The maximum Gasteiger partial charge on any atom is 0.320 e. The van der Waals surface area contributed by atoms with Crippen molar-refractivity contribution >= 4 is 21.9 Å². The molecule has 0 amide bonds. The Kier molecular flexibility index (Phi) is 9.61. The Bertz CT molecular complexity index is 1200. The summed E-state index contributed by atoms with van der Waals surface area (Å²) in [5.74, 6) is 1.22. The molecule has 4 rings (SSSR count). The normalized spacial score (nSPS) is 13.8. The van der Waals surface area contributed by atoms with Crippen LogP contribution in [0.3, 0.4) is 0 Å². The van der Waals surface area contributed by atoms with E-state index in [1.165, 1.54) is 12.8 Å². The molecule has 0 bridgehead atoms. The van der Waals surface area contributed by atoms with E-state index in [1.54, 1.807) is 0 Å². The van der Waals surface area contributed by atoms with Gasteiger partial charge >= 0.3 is 5.97 Å². The largest absolute Gasteiger partial charge is 0.493 e. The van der Waals surface area contributed by atoms with E-state index in [-0.39, 0.29) is 0 Å². The quantitative estimate of drug-likeness (QED) is 0.219. The number of nitrogens with two attached hydrogens (primary N) is 1. The molecule has 1 fully saturated rings. The van der Waals surface area contributed by atoms with Gasteiger partial charge in [-0.2, -0.15) is 0 Å². The van der Waals surface area contributed by atoms with Gasteiger partial charge in [0, 0.05) is 28.2 Å². The van der Waals surface area contributed by atoms with E-state index in [4.69, 9.17) is 15.2 Å². The first-order valence-corrected chi connectivity index (χ1v) is 13.6. The van der Waals surface area contributed by atoms with Gasteiger partial charge in [0.1, 0.15) is 24.1 Å². The second-order valence-electron chi connectivity index (χ2n) is 9.62. The third-order valence-corrected chi connectivity index (χ3v) is 7.55. The predicted octanol–water partition coefficient (Wildman–Crippen LogP) is 6.07. The van der Waals surface area contributed by atoms with Crippen LogP contribution in [0.25, 0.3) is 11.1 Å².